The number of carbonyl (C=O) groups excluding carboxylic acids is 1. The summed E-state index contributed by atoms with van der Waals surface area (Å²) in [6.45, 7) is -0.135. The fourth-order valence-electron chi connectivity index (χ4n) is 2.78. The van der Waals surface area contributed by atoms with Crippen LogP contribution in [0.2, 0.25) is 0 Å². The Morgan fingerprint density at radius 2 is 1.83 bits per heavy atom. The normalized spacial score (nSPS) is 10.6. The predicted molar refractivity (Wildman–Crippen MR) is 129 cm³/mol. The molecule has 0 aliphatic carbocycles. The Bertz CT molecular complexity index is 1210. The lowest BCUT2D eigenvalue weighted by molar-refractivity contribution is -0.121. The molecule has 0 saturated carbocycles. The molecule has 1 heterocycles. The molecule has 0 unspecified atom stereocenters. The molecule has 0 bridgehead atoms. The Kier molecular flexibility index (Phi) is 6.37. The van der Waals surface area contributed by atoms with Gasteiger partial charge in [0.05, 0.1) is 5.69 Å². The molecule has 8 heteroatoms. The number of benzene rings is 3. The quantitative estimate of drug-likeness (QED) is 0.350. The number of nitrogens with zero attached hydrogens (tertiary/aromatic N) is 1. The van der Waals surface area contributed by atoms with E-state index < -0.39 is 0 Å². The predicted octanol–water partition coefficient (Wildman–Crippen LogP) is 5.62. The highest BCUT2D eigenvalue weighted by Crippen LogP contribution is 2.27. The molecular weight excluding hydrogens is 482 g/mol. The molecule has 30 heavy (non-hydrogen) atoms. The van der Waals surface area contributed by atoms with Crippen LogP contribution in [-0.2, 0) is 4.79 Å². The third-order valence-electron chi connectivity index (χ3n) is 4.21. The highest BCUT2D eigenvalue weighted by Gasteiger charge is 2.10. The van der Waals surface area contributed by atoms with Gasteiger partial charge in [-0.05, 0) is 53.3 Å². The van der Waals surface area contributed by atoms with Crippen LogP contribution in [-0.4, -0.2) is 22.6 Å². The Morgan fingerprint density at radius 1 is 1.07 bits per heavy atom. The Balaban J connectivity index is 1.33. The number of halogens is 1. The third kappa shape index (κ3) is 5.21. The van der Waals surface area contributed by atoms with Crippen LogP contribution in [0.1, 0.15) is 0 Å². The van der Waals surface area contributed by atoms with Crippen molar-refractivity contribution < 1.29 is 9.53 Å². The van der Waals surface area contributed by atoms with E-state index in [9.17, 15) is 4.79 Å². The number of thiocarbonyl (C=S) groups is 1. The van der Waals surface area contributed by atoms with Gasteiger partial charge in [-0.2, -0.15) is 0 Å². The van der Waals surface area contributed by atoms with Crippen molar-refractivity contribution >= 4 is 66.4 Å². The number of aromatic nitrogens is 1. The number of amides is 1. The molecule has 0 saturated heterocycles. The van der Waals surface area contributed by atoms with Crippen molar-refractivity contribution in [2.45, 2.75) is 0 Å². The summed E-state index contributed by atoms with van der Waals surface area (Å²) in [6, 6.07) is 21.6. The first kappa shape index (κ1) is 20.5. The van der Waals surface area contributed by atoms with Gasteiger partial charge in [-0.3, -0.25) is 10.1 Å². The van der Waals surface area contributed by atoms with E-state index in [1.165, 1.54) is 16.7 Å². The number of nitrogens with one attached hydrogen (secondary N) is 2. The number of carbonyl (C=O) groups is 1. The lowest BCUT2D eigenvalue weighted by Gasteiger charge is -2.08. The largest absolute Gasteiger partial charge is 0.484 e. The summed E-state index contributed by atoms with van der Waals surface area (Å²) < 4.78 is 6.38. The lowest BCUT2D eigenvalue weighted by Crippen LogP contribution is -2.37. The fourth-order valence-corrected chi connectivity index (χ4v) is 4.05. The second-order valence-corrected chi connectivity index (χ2v) is 8.53. The van der Waals surface area contributed by atoms with Gasteiger partial charge in [-0.15, -0.1) is 11.3 Å². The molecule has 3 aromatic carbocycles. The molecule has 1 amide bonds. The zero-order chi connectivity index (χ0) is 20.9. The number of hydrogen-bond acceptors (Lipinski definition) is 5. The number of hydrogen-bond donors (Lipinski definition) is 2. The number of rotatable bonds is 5. The maximum absolute atomic E-state index is 12.0. The molecule has 2 N–H and O–H groups in total. The first-order valence-electron chi connectivity index (χ1n) is 9.01. The molecule has 0 spiro atoms. The molecule has 1 aromatic heterocycles. The van der Waals surface area contributed by atoms with Gasteiger partial charge in [0, 0.05) is 15.4 Å². The van der Waals surface area contributed by atoms with E-state index in [2.05, 4.69) is 55.8 Å². The Hall–Kier alpha value is -2.81. The summed E-state index contributed by atoms with van der Waals surface area (Å²) in [5.41, 5.74) is 1.87. The highest BCUT2D eigenvalue weighted by molar-refractivity contribution is 9.10. The smallest absolute Gasteiger partial charge is 0.264 e. The monoisotopic (exact) mass is 497 g/mol. The minimum absolute atomic E-state index is 0.135. The van der Waals surface area contributed by atoms with Gasteiger partial charge in [-0.1, -0.05) is 52.3 Å². The average Bonchev–Trinajstić information content (AvgIpc) is 3.21. The van der Waals surface area contributed by atoms with Crippen LogP contribution in [0.25, 0.3) is 22.0 Å². The van der Waals surface area contributed by atoms with Gasteiger partial charge in [0.15, 0.2) is 16.9 Å². The zero-order valence-corrected chi connectivity index (χ0v) is 18.8. The average molecular weight is 498 g/mol. The van der Waals surface area contributed by atoms with E-state index in [-0.39, 0.29) is 17.6 Å². The van der Waals surface area contributed by atoms with E-state index >= 15 is 0 Å². The SMILES string of the molecule is O=C(COc1ccc(Br)cc1)NC(=S)Nc1nc(-c2ccc3ccccc3c2)cs1. The van der Waals surface area contributed by atoms with Crippen LogP contribution < -0.4 is 15.4 Å². The van der Waals surface area contributed by atoms with Crippen LogP contribution in [0.15, 0.2) is 76.6 Å². The first-order valence-corrected chi connectivity index (χ1v) is 11.1. The molecule has 5 nitrogen and oxygen atoms in total. The van der Waals surface area contributed by atoms with Gasteiger partial charge in [0.25, 0.3) is 5.91 Å². The van der Waals surface area contributed by atoms with Gasteiger partial charge in [-0.25, -0.2) is 4.98 Å². The molecule has 4 rings (SSSR count). The second-order valence-electron chi connectivity index (χ2n) is 6.34. The topological polar surface area (TPSA) is 63.2 Å². The van der Waals surface area contributed by atoms with Crippen molar-refractivity contribution in [2.24, 2.45) is 0 Å². The van der Waals surface area contributed by atoms with Crippen molar-refractivity contribution in [3.63, 3.8) is 0 Å². The molecule has 4 aromatic rings. The van der Waals surface area contributed by atoms with Crippen molar-refractivity contribution in [1.29, 1.82) is 0 Å². The third-order valence-corrected chi connectivity index (χ3v) is 5.70. The molecule has 0 aliphatic rings. The van der Waals surface area contributed by atoms with Gasteiger partial charge < -0.3 is 10.1 Å². The molecule has 150 valence electrons. The summed E-state index contributed by atoms with van der Waals surface area (Å²) in [5.74, 6) is 0.258. The van der Waals surface area contributed by atoms with Crippen molar-refractivity contribution in [3.8, 4) is 17.0 Å². The summed E-state index contributed by atoms with van der Waals surface area (Å²) in [5, 5.41) is 10.6. The van der Waals surface area contributed by atoms with Gasteiger partial charge in [0.2, 0.25) is 0 Å². The molecular formula is C22H16BrN3O2S2. The minimum atomic E-state index is -0.346. The maximum atomic E-state index is 12.0. The number of ether oxygens (including phenoxy) is 1. The number of anilines is 1. The van der Waals surface area contributed by atoms with Crippen LogP contribution in [0, 0.1) is 0 Å². The van der Waals surface area contributed by atoms with Crippen molar-refractivity contribution in [1.82, 2.24) is 10.3 Å². The van der Waals surface area contributed by atoms with Crippen molar-refractivity contribution in [3.05, 3.63) is 76.6 Å². The van der Waals surface area contributed by atoms with Gasteiger partial charge >= 0.3 is 0 Å². The number of thiazole rings is 1. The summed E-state index contributed by atoms with van der Waals surface area (Å²) in [7, 11) is 0. The highest BCUT2D eigenvalue weighted by atomic mass is 79.9. The van der Waals surface area contributed by atoms with E-state index in [4.69, 9.17) is 17.0 Å². The summed E-state index contributed by atoms with van der Waals surface area (Å²) in [4.78, 5) is 16.6. The molecule has 0 fully saturated rings. The maximum Gasteiger partial charge on any atom is 0.264 e. The van der Waals surface area contributed by atoms with Crippen LogP contribution >= 0.6 is 39.5 Å². The second kappa shape index (κ2) is 9.34. The molecule has 0 radical (unpaired) electrons. The fraction of sp³-hybridized carbons (Fsp3) is 0.0455. The van der Waals surface area contributed by atoms with Crippen LogP contribution in [0.5, 0.6) is 5.75 Å². The van der Waals surface area contributed by atoms with Crippen LogP contribution in [0.3, 0.4) is 0 Å². The lowest BCUT2D eigenvalue weighted by atomic mass is 10.1. The van der Waals surface area contributed by atoms with Gasteiger partial charge in [0.1, 0.15) is 5.75 Å². The summed E-state index contributed by atoms with van der Waals surface area (Å²) in [6.07, 6.45) is 0. The van der Waals surface area contributed by atoms with E-state index in [0.717, 1.165) is 21.1 Å². The standard InChI is InChI=1S/C22H16BrN3O2S2/c23-17-7-9-18(10-8-17)28-12-20(27)25-21(29)26-22-24-19(13-30-22)16-6-5-14-3-1-2-4-15(14)11-16/h1-11,13H,12H2,(H2,24,25,26,27,29). The number of fused-ring (bicyclic) bond motifs is 1. The molecule has 0 aliphatic heterocycles. The zero-order valence-electron chi connectivity index (χ0n) is 15.6. The Morgan fingerprint density at radius 3 is 2.63 bits per heavy atom. The Labute approximate surface area is 191 Å². The van der Waals surface area contributed by atoms with E-state index in [0.29, 0.717) is 10.9 Å². The first-order chi connectivity index (χ1) is 14.6. The van der Waals surface area contributed by atoms with E-state index in [1.807, 2.05) is 35.7 Å². The summed E-state index contributed by atoms with van der Waals surface area (Å²) >= 11 is 9.98. The van der Waals surface area contributed by atoms with E-state index in [1.54, 1.807) is 12.1 Å². The minimum Gasteiger partial charge on any atom is -0.484 e. The van der Waals surface area contributed by atoms with Crippen LogP contribution in [0.4, 0.5) is 5.13 Å². The van der Waals surface area contributed by atoms with Crippen molar-refractivity contribution in [2.75, 3.05) is 11.9 Å². The molecule has 0 atom stereocenters.